The fraction of sp³-hybridized carbons (Fsp3) is 0.167. The highest BCUT2D eigenvalue weighted by molar-refractivity contribution is 7.97. The minimum Gasteiger partial charge on any atom is -0.305 e. The summed E-state index contributed by atoms with van der Waals surface area (Å²) in [5.74, 6) is 0. The van der Waals surface area contributed by atoms with Crippen LogP contribution < -0.4 is 0 Å². The molecule has 96 valence electrons. The van der Waals surface area contributed by atoms with Gasteiger partial charge in [-0.05, 0) is 24.1 Å². The summed E-state index contributed by atoms with van der Waals surface area (Å²) in [6, 6.07) is 7.10. The van der Waals surface area contributed by atoms with Crippen LogP contribution in [0.2, 0.25) is 0 Å². The van der Waals surface area contributed by atoms with Gasteiger partial charge in [-0.1, -0.05) is 29.8 Å². The van der Waals surface area contributed by atoms with Crippen LogP contribution in [-0.4, -0.2) is 17.2 Å². The predicted molar refractivity (Wildman–Crippen MR) is 70.8 cm³/mol. The number of sulfone groups is 1. The molecule has 0 aliphatic carbocycles. The second-order valence-electron chi connectivity index (χ2n) is 4.08. The van der Waals surface area contributed by atoms with Gasteiger partial charge in [-0.2, -0.15) is 0 Å². The average molecular weight is 284 g/mol. The standard InChI is InChI=1S/C12H12O4S2/c1-9-2-4-10(5-3-9)12(17(13)14)11-6-7-18(15,16)8-11/h2-8,12H,1H3,(H,13,14). The molecule has 0 fully saturated rings. The smallest absolute Gasteiger partial charge is 0.193 e. The molecule has 0 bridgehead atoms. The lowest BCUT2D eigenvalue weighted by Gasteiger charge is -2.13. The molecule has 2 rings (SSSR count). The summed E-state index contributed by atoms with van der Waals surface area (Å²) in [6.07, 6.45) is 1.37. The van der Waals surface area contributed by atoms with Crippen LogP contribution in [0.5, 0.6) is 0 Å². The molecule has 1 aromatic carbocycles. The van der Waals surface area contributed by atoms with Crippen LogP contribution in [0.25, 0.3) is 0 Å². The van der Waals surface area contributed by atoms with Crippen molar-refractivity contribution in [3.8, 4) is 0 Å². The van der Waals surface area contributed by atoms with Crippen LogP contribution >= 0.6 is 0 Å². The van der Waals surface area contributed by atoms with Crippen molar-refractivity contribution in [3.05, 3.63) is 57.9 Å². The number of benzene rings is 1. The molecular formula is C12H12O4S2. The second kappa shape index (κ2) is 4.79. The first kappa shape index (κ1) is 13.2. The molecular weight excluding hydrogens is 272 g/mol. The molecule has 18 heavy (non-hydrogen) atoms. The van der Waals surface area contributed by atoms with E-state index in [1.807, 2.05) is 19.1 Å². The summed E-state index contributed by atoms with van der Waals surface area (Å²) in [5.41, 5.74) is 1.99. The van der Waals surface area contributed by atoms with Gasteiger partial charge in [0.2, 0.25) is 0 Å². The second-order valence-corrected chi connectivity index (χ2v) is 6.79. The molecule has 2 atom stereocenters. The molecule has 0 radical (unpaired) electrons. The zero-order chi connectivity index (χ0) is 13.3. The first-order chi connectivity index (χ1) is 8.39. The molecule has 0 amide bonds. The minimum absolute atomic E-state index is 0.333. The summed E-state index contributed by atoms with van der Waals surface area (Å²) < 4.78 is 43.4. The van der Waals surface area contributed by atoms with Crippen molar-refractivity contribution in [2.75, 3.05) is 0 Å². The van der Waals surface area contributed by atoms with Gasteiger partial charge in [-0.3, -0.25) is 0 Å². The molecule has 6 heteroatoms. The highest BCUT2D eigenvalue weighted by atomic mass is 32.2. The summed E-state index contributed by atoms with van der Waals surface area (Å²) in [4.78, 5) is 0. The highest BCUT2D eigenvalue weighted by Gasteiger charge is 2.25. The van der Waals surface area contributed by atoms with Gasteiger partial charge in [0.05, 0.1) is 0 Å². The van der Waals surface area contributed by atoms with Crippen molar-refractivity contribution in [1.29, 1.82) is 0 Å². The van der Waals surface area contributed by atoms with Crippen LogP contribution in [-0.2, 0) is 20.9 Å². The van der Waals surface area contributed by atoms with Gasteiger partial charge >= 0.3 is 0 Å². The van der Waals surface area contributed by atoms with Gasteiger partial charge in [0.1, 0.15) is 5.25 Å². The molecule has 2 unspecified atom stereocenters. The predicted octanol–water partition coefficient (Wildman–Crippen LogP) is 2.08. The third-order valence-electron chi connectivity index (χ3n) is 2.64. The van der Waals surface area contributed by atoms with E-state index < -0.39 is 26.2 Å². The van der Waals surface area contributed by atoms with Gasteiger partial charge in [0, 0.05) is 10.8 Å². The van der Waals surface area contributed by atoms with Crippen LogP contribution in [0.15, 0.2) is 46.7 Å². The minimum atomic E-state index is -3.38. The third kappa shape index (κ3) is 2.77. The molecule has 0 saturated heterocycles. The van der Waals surface area contributed by atoms with E-state index in [0.29, 0.717) is 11.1 Å². The van der Waals surface area contributed by atoms with Crippen LogP contribution in [0.1, 0.15) is 16.4 Å². The number of hydrogen-bond acceptors (Lipinski definition) is 3. The topological polar surface area (TPSA) is 71.4 Å². The fourth-order valence-corrected chi connectivity index (χ4v) is 3.63. The average Bonchev–Trinajstić information content (AvgIpc) is 2.61. The fourth-order valence-electron chi connectivity index (χ4n) is 1.76. The van der Waals surface area contributed by atoms with Crippen molar-refractivity contribution in [2.24, 2.45) is 0 Å². The number of allylic oxidation sites excluding steroid dienone is 1. The summed E-state index contributed by atoms with van der Waals surface area (Å²) in [6.45, 7) is 1.91. The van der Waals surface area contributed by atoms with E-state index in [-0.39, 0.29) is 0 Å². The molecule has 1 aliphatic rings. The quantitative estimate of drug-likeness (QED) is 0.863. The lowest BCUT2D eigenvalue weighted by atomic mass is 10.0. The Hall–Kier alpha value is -1.24. The lowest BCUT2D eigenvalue weighted by Crippen LogP contribution is -2.07. The van der Waals surface area contributed by atoms with Crippen molar-refractivity contribution in [1.82, 2.24) is 0 Å². The number of hydrogen-bond donors (Lipinski definition) is 1. The summed E-state index contributed by atoms with van der Waals surface area (Å²) in [5, 5.41) is 1.24. The van der Waals surface area contributed by atoms with Crippen molar-refractivity contribution >= 4 is 20.9 Å². The van der Waals surface area contributed by atoms with Crippen LogP contribution in [0.4, 0.5) is 0 Å². The Morgan fingerprint density at radius 1 is 1.22 bits per heavy atom. The van der Waals surface area contributed by atoms with E-state index in [0.717, 1.165) is 16.4 Å². The van der Waals surface area contributed by atoms with Gasteiger partial charge in [0.25, 0.3) is 0 Å². The molecule has 0 aromatic heterocycles. The highest BCUT2D eigenvalue weighted by Crippen LogP contribution is 2.32. The van der Waals surface area contributed by atoms with E-state index in [2.05, 4.69) is 0 Å². The van der Waals surface area contributed by atoms with Gasteiger partial charge in [-0.25, -0.2) is 12.6 Å². The molecule has 0 spiro atoms. The van der Waals surface area contributed by atoms with Gasteiger partial charge in [-0.15, -0.1) is 0 Å². The Kier molecular flexibility index (Phi) is 3.52. The Bertz CT molecular complexity index is 639. The Morgan fingerprint density at radius 2 is 1.83 bits per heavy atom. The van der Waals surface area contributed by atoms with Crippen molar-refractivity contribution < 1.29 is 17.2 Å². The normalized spacial score (nSPS) is 20.4. The van der Waals surface area contributed by atoms with Gasteiger partial charge < -0.3 is 4.55 Å². The maximum absolute atomic E-state index is 11.4. The third-order valence-corrected chi connectivity index (χ3v) is 4.70. The Morgan fingerprint density at radius 3 is 2.28 bits per heavy atom. The van der Waals surface area contributed by atoms with Gasteiger partial charge in [0.15, 0.2) is 20.9 Å². The monoisotopic (exact) mass is 284 g/mol. The number of aryl methyl sites for hydroxylation is 1. The van der Waals surface area contributed by atoms with E-state index in [9.17, 15) is 17.2 Å². The first-order valence-electron chi connectivity index (χ1n) is 5.20. The van der Waals surface area contributed by atoms with Crippen LogP contribution in [0.3, 0.4) is 0 Å². The molecule has 1 heterocycles. The SMILES string of the molecule is Cc1ccc(C(C2=CS(=O)(=O)C=C2)S(=O)O)cc1. The van der Waals surface area contributed by atoms with E-state index in [4.69, 9.17) is 0 Å². The van der Waals surface area contributed by atoms with Crippen LogP contribution in [0, 0.1) is 6.92 Å². The van der Waals surface area contributed by atoms with E-state index >= 15 is 0 Å². The lowest BCUT2D eigenvalue weighted by molar-refractivity contribution is 0.557. The molecule has 1 aliphatic heterocycles. The summed E-state index contributed by atoms with van der Waals surface area (Å²) in [7, 11) is -3.38. The zero-order valence-corrected chi connectivity index (χ0v) is 11.2. The molecule has 4 nitrogen and oxygen atoms in total. The molecule has 0 saturated carbocycles. The first-order valence-corrected chi connectivity index (χ1v) is 7.98. The maximum atomic E-state index is 11.4. The van der Waals surface area contributed by atoms with E-state index in [1.54, 1.807) is 12.1 Å². The largest absolute Gasteiger partial charge is 0.305 e. The van der Waals surface area contributed by atoms with Crippen molar-refractivity contribution in [2.45, 2.75) is 12.2 Å². The Labute approximate surface area is 108 Å². The number of rotatable bonds is 3. The van der Waals surface area contributed by atoms with Crippen molar-refractivity contribution in [3.63, 3.8) is 0 Å². The molecule has 1 N–H and O–H groups in total. The maximum Gasteiger partial charge on any atom is 0.193 e. The molecule has 1 aromatic rings. The summed E-state index contributed by atoms with van der Waals surface area (Å²) >= 11 is -2.17. The van der Waals surface area contributed by atoms with E-state index in [1.165, 1.54) is 6.08 Å². The Balaban J connectivity index is 2.46. The zero-order valence-electron chi connectivity index (χ0n) is 9.61.